The van der Waals surface area contributed by atoms with E-state index in [2.05, 4.69) is 13.8 Å². The Bertz CT molecular complexity index is 390. The number of aliphatic carboxylic acids is 1. The maximum absolute atomic E-state index is 12.1. The third-order valence-corrected chi connectivity index (χ3v) is 4.26. The fourth-order valence-corrected chi connectivity index (χ4v) is 2.86. The number of carbonyl (C=O) groups excluding carboxylic acids is 1. The Kier molecular flexibility index (Phi) is 6.27. The van der Waals surface area contributed by atoms with Gasteiger partial charge in [0.05, 0.1) is 5.41 Å². The Labute approximate surface area is 134 Å². The van der Waals surface area contributed by atoms with Crippen molar-refractivity contribution < 1.29 is 19.4 Å². The molecule has 0 aromatic carbocycles. The molecule has 0 radical (unpaired) electrons. The van der Waals surface area contributed by atoms with Crippen LogP contribution in [0.5, 0.6) is 0 Å². The van der Waals surface area contributed by atoms with Crippen LogP contribution in [0, 0.1) is 11.3 Å². The van der Waals surface area contributed by atoms with Crippen molar-refractivity contribution in [1.29, 1.82) is 0 Å². The van der Waals surface area contributed by atoms with E-state index in [4.69, 9.17) is 4.74 Å². The first kappa shape index (κ1) is 18.8. The zero-order chi connectivity index (χ0) is 17.0. The highest BCUT2D eigenvalue weighted by atomic mass is 16.6. The molecule has 5 nitrogen and oxygen atoms in total. The van der Waals surface area contributed by atoms with Crippen LogP contribution in [-0.4, -0.2) is 40.8 Å². The van der Waals surface area contributed by atoms with Gasteiger partial charge >= 0.3 is 12.1 Å². The predicted octanol–water partition coefficient (Wildman–Crippen LogP) is 3.91. The molecule has 0 aliphatic carbocycles. The lowest BCUT2D eigenvalue weighted by atomic mass is 9.74. The molecule has 1 saturated heterocycles. The Balaban J connectivity index is 2.58. The van der Waals surface area contributed by atoms with Crippen LogP contribution >= 0.6 is 0 Å². The fraction of sp³-hybridized carbons (Fsp3) is 0.882. The van der Waals surface area contributed by atoms with Crippen molar-refractivity contribution in [3.63, 3.8) is 0 Å². The van der Waals surface area contributed by atoms with Crippen LogP contribution in [0.15, 0.2) is 0 Å². The average molecular weight is 313 g/mol. The zero-order valence-corrected chi connectivity index (χ0v) is 14.6. The first-order valence-corrected chi connectivity index (χ1v) is 8.27. The van der Waals surface area contributed by atoms with Gasteiger partial charge in [0, 0.05) is 13.1 Å². The van der Waals surface area contributed by atoms with Crippen molar-refractivity contribution in [2.45, 2.75) is 72.3 Å². The van der Waals surface area contributed by atoms with Crippen LogP contribution in [0.1, 0.15) is 66.7 Å². The molecule has 1 heterocycles. The summed E-state index contributed by atoms with van der Waals surface area (Å²) in [5, 5.41) is 9.63. The van der Waals surface area contributed by atoms with Crippen LogP contribution in [0.4, 0.5) is 4.79 Å². The number of rotatable bonds is 5. The summed E-state index contributed by atoms with van der Waals surface area (Å²) in [5.74, 6) is -0.132. The second-order valence-corrected chi connectivity index (χ2v) is 7.84. The summed E-state index contributed by atoms with van der Waals surface area (Å²) >= 11 is 0. The number of carbonyl (C=O) groups is 2. The molecule has 1 amide bonds. The Morgan fingerprint density at radius 3 is 2.18 bits per heavy atom. The Hall–Kier alpha value is -1.26. The van der Waals surface area contributed by atoms with Gasteiger partial charge in [-0.15, -0.1) is 0 Å². The summed E-state index contributed by atoms with van der Waals surface area (Å²) < 4.78 is 5.36. The number of carboxylic acid groups (broad SMARTS) is 1. The van der Waals surface area contributed by atoms with Gasteiger partial charge in [-0.25, -0.2) is 4.79 Å². The molecular weight excluding hydrogens is 282 g/mol. The number of carboxylic acids is 1. The molecule has 0 aromatic heterocycles. The zero-order valence-electron chi connectivity index (χ0n) is 14.6. The molecule has 0 atom stereocenters. The average Bonchev–Trinajstić information content (AvgIpc) is 2.36. The SMILES string of the molecule is CC(C)CCCC1(C(=O)O)CCN(C(=O)OC(C)(C)C)CC1. The van der Waals surface area contributed by atoms with Crippen molar-refractivity contribution in [1.82, 2.24) is 4.90 Å². The van der Waals surface area contributed by atoms with Crippen LogP contribution in [0.25, 0.3) is 0 Å². The van der Waals surface area contributed by atoms with Crippen molar-refractivity contribution in [2.75, 3.05) is 13.1 Å². The highest BCUT2D eigenvalue weighted by Crippen LogP contribution is 2.37. The smallest absolute Gasteiger partial charge is 0.410 e. The van der Waals surface area contributed by atoms with Crippen LogP contribution in [0.3, 0.4) is 0 Å². The monoisotopic (exact) mass is 313 g/mol. The molecule has 1 rings (SSSR count). The second-order valence-electron chi connectivity index (χ2n) is 7.84. The molecule has 5 heteroatoms. The largest absolute Gasteiger partial charge is 0.481 e. The van der Waals surface area contributed by atoms with Gasteiger partial charge in [-0.2, -0.15) is 0 Å². The summed E-state index contributed by atoms with van der Waals surface area (Å²) in [6.07, 6.45) is 3.36. The topological polar surface area (TPSA) is 66.8 Å². The minimum absolute atomic E-state index is 0.339. The van der Waals surface area contributed by atoms with E-state index in [9.17, 15) is 14.7 Å². The molecule has 0 saturated carbocycles. The Morgan fingerprint density at radius 2 is 1.77 bits per heavy atom. The van der Waals surface area contributed by atoms with Gasteiger partial charge in [-0.05, 0) is 46.0 Å². The lowest BCUT2D eigenvalue weighted by Crippen LogP contribution is -2.48. The summed E-state index contributed by atoms with van der Waals surface area (Å²) in [6.45, 7) is 10.7. The molecular formula is C17H31NO4. The van der Waals surface area contributed by atoms with E-state index in [0.717, 1.165) is 12.8 Å². The van der Waals surface area contributed by atoms with E-state index in [1.54, 1.807) is 4.90 Å². The summed E-state index contributed by atoms with van der Waals surface area (Å²) in [7, 11) is 0. The number of hydrogen-bond donors (Lipinski definition) is 1. The van der Waals surface area contributed by atoms with E-state index < -0.39 is 17.0 Å². The predicted molar refractivity (Wildman–Crippen MR) is 85.8 cm³/mol. The van der Waals surface area contributed by atoms with Gasteiger partial charge < -0.3 is 14.7 Å². The van der Waals surface area contributed by atoms with E-state index in [-0.39, 0.29) is 6.09 Å². The van der Waals surface area contributed by atoms with E-state index in [1.807, 2.05) is 20.8 Å². The lowest BCUT2D eigenvalue weighted by Gasteiger charge is -2.39. The lowest BCUT2D eigenvalue weighted by molar-refractivity contribution is -0.152. The first-order valence-electron chi connectivity index (χ1n) is 8.27. The van der Waals surface area contributed by atoms with E-state index in [0.29, 0.717) is 38.3 Å². The maximum atomic E-state index is 12.1. The standard InChI is InChI=1S/C17H31NO4/c1-13(2)7-6-8-17(14(19)20)9-11-18(12-10-17)15(21)22-16(3,4)5/h13H,6-12H2,1-5H3,(H,19,20). The molecule has 128 valence electrons. The molecule has 0 unspecified atom stereocenters. The maximum Gasteiger partial charge on any atom is 0.410 e. The number of hydrogen-bond acceptors (Lipinski definition) is 3. The molecule has 1 aliphatic rings. The van der Waals surface area contributed by atoms with Crippen LogP contribution in [0.2, 0.25) is 0 Å². The van der Waals surface area contributed by atoms with Crippen molar-refractivity contribution in [3.8, 4) is 0 Å². The van der Waals surface area contributed by atoms with Gasteiger partial charge in [0.15, 0.2) is 0 Å². The molecule has 22 heavy (non-hydrogen) atoms. The molecule has 1 aliphatic heterocycles. The van der Waals surface area contributed by atoms with Gasteiger partial charge in [0.25, 0.3) is 0 Å². The van der Waals surface area contributed by atoms with Crippen LogP contribution in [-0.2, 0) is 9.53 Å². The highest BCUT2D eigenvalue weighted by Gasteiger charge is 2.42. The fourth-order valence-electron chi connectivity index (χ4n) is 2.86. The van der Waals surface area contributed by atoms with Gasteiger partial charge in [-0.3, -0.25) is 4.79 Å². The minimum atomic E-state index is -0.722. The molecule has 1 fully saturated rings. The molecule has 1 N–H and O–H groups in total. The van der Waals surface area contributed by atoms with Crippen molar-refractivity contribution in [3.05, 3.63) is 0 Å². The Morgan fingerprint density at radius 1 is 1.23 bits per heavy atom. The van der Waals surface area contributed by atoms with Gasteiger partial charge in [-0.1, -0.05) is 26.7 Å². The second kappa shape index (κ2) is 7.34. The number of piperidine rings is 1. The van der Waals surface area contributed by atoms with Crippen LogP contribution < -0.4 is 0 Å². The number of nitrogens with zero attached hydrogens (tertiary/aromatic N) is 1. The van der Waals surface area contributed by atoms with E-state index >= 15 is 0 Å². The third kappa shape index (κ3) is 5.50. The highest BCUT2D eigenvalue weighted by molar-refractivity contribution is 5.75. The van der Waals surface area contributed by atoms with Crippen molar-refractivity contribution >= 4 is 12.1 Å². The summed E-state index contributed by atoms with van der Waals surface area (Å²) in [5.41, 5.74) is -1.19. The van der Waals surface area contributed by atoms with Crippen molar-refractivity contribution in [2.24, 2.45) is 11.3 Å². The quantitative estimate of drug-likeness (QED) is 0.835. The van der Waals surface area contributed by atoms with Gasteiger partial charge in [0.2, 0.25) is 0 Å². The molecule has 0 bridgehead atoms. The molecule has 0 spiro atoms. The molecule has 0 aromatic rings. The number of amides is 1. The van der Waals surface area contributed by atoms with E-state index in [1.165, 1.54) is 0 Å². The van der Waals surface area contributed by atoms with Gasteiger partial charge in [0.1, 0.15) is 5.60 Å². The third-order valence-electron chi connectivity index (χ3n) is 4.26. The normalized spacial score (nSPS) is 18.4. The minimum Gasteiger partial charge on any atom is -0.481 e. The first-order chi connectivity index (χ1) is 10.1. The summed E-state index contributed by atoms with van der Waals surface area (Å²) in [4.78, 5) is 25.4. The summed E-state index contributed by atoms with van der Waals surface area (Å²) in [6, 6.07) is 0. The number of likely N-dealkylation sites (tertiary alicyclic amines) is 1. The number of ether oxygens (including phenoxy) is 1.